The molecule has 1 saturated heterocycles. The van der Waals surface area contributed by atoms with Gasteiger partial charge in [-0.1, -0.05) is 6.92 Å². The van der Waals surface area contributed by atoms with Gasteiger partial charge in [0.25, 0.3) is 11.8 Å². The Hall–Kier alpha value is -2.91. The van der Waals surface area contributed by atoms with Crippen molar-refractivity contribution < 1.29 is 26.7 Å². The topological polar surface area (TPSA) is 88.8 Å². The summed E-state index contributed by atoms with van der Waals surface area (Å²) in [5, 5.41) is 7.26. The number of piperidine rings is 1. The zero-order chi connectivity index (χ0) is 27.0. The zero-order valence-corrected chi connectivity index (χ0v) is 22.0. The molecule has 1 amide bonds. The Bertz CT molecular complexity index is 1270. The van der Waals surface area contributed by atoms with Gasteiger partial charge in [0.05, 0.1) is 27.3 Å². The second-order valence-electron chi connectivity index (χ2n) is 8.79. The number of hydrogen-bond acceptors (Lipinski definition) is 6. The number of aryl methyl sites for hydroxylation is 1. The Labute approximate surface area is 222 Å². The van der Waals surface area contributed by atoms with Crippen molar-refractivity contribution >= 4 is 34.3 Å². The van der Waals surface area contributed by atoms with Gasteiger partial charge < -0.3 is 10.2 Å². The van der Waals surface area contributed by atoms with Gasteiger partial charge in [0.15, 0.2) is 11.5 Å². The van der Waals surface area contributed by atoms with E-state index >= 15 is 0 Å². The summed E-state index contributed by atoms with van der Waals surface area (Å²) in [5.41, 5.74) is -0.628. The van der Waals surface area contributed by atoms with E-state index in [0.29, 0.717) is 18.3 Å². The van der Waals surface area contributed by atoms with Gasteiger partial charge in [-0.05, 0) is 47.6 Å². The normalized spacial score (nSPS) is 19.6. The molecule has 2 atom stereocenters. The highest BCUT2D eigenvalue weighted by Crippen LogP contribution is 2.36. The fourth-order valence-electron chi connectivity index (χ4n) is 4.28. The molecule has 1 unspecified atom stereocenters. The average Bonchev–Trinajstić information content (AvgIpc) is 3.27. The highest BCUT2D eigenvalue weighted by atomic mass is 127. The first-order valence-electron chi connectivity index (χ1n) is 11.4. The van der Waals surface area contributed by atoms with Crippen LogP contribution in [0.3, 0.4) is 0 Å². The standard InChI is InChI=1S/C23H23F5IN7O/c1-3-35-11-15(19-30-5-4-6-31-19)18(34-35)21(37)36-12-22(24,25)8-13(2)17(36)10-33-20-16(29)7-14(9-32-20)23(26,27)28/h4-7,9,11,13,17H,3,8,10,12H2,1-2H3,(H,32,33)/t13-,17?/m1/s1. The van der Waals surface area contributed by atoms with E-state index in [1.807, 2.05) is 6.92 Å². The molecule has 1 aliphatic rings. The van der Waals surface area contributed by atoms with Crippen LogP contribution in [-0.4, -0.2) is 60.6 Å². The monoisotopic (exact) mass is 635 g/mol. The van der Waals surface area contributed by atoms with Gasteiger partial charge >= 0.3 is 6.18 Å². The molecule has 0 aromatic carbocycles. The van der Waals surface area contributed by atoms with Gasteiger partial charge in [-0.25, -0.2) is 23.7 Å². The fourth-order valence-corrected chi connectivity index (χ4v) is 4.95. The zero-order valence-electron chi connectivity index (χ0n) is 19.8. The molecule has 37 heavy (non-hydrogen) atoms. The van der Waals surface area contributed by atoms with Crippen LogP contribution >= 0.6 is 22.6 Å². The Morgan fingerprint density at radius 3 is 2.57 bits per heavy atom. The number of halogens is 6. The number of carbonyl (C=O) groups excluding carboxylic acids is 1. The van der Waals surface area contributed by atoms with E-state index in [2.05, 4.69) is 25.4 Å². The predicted molar refractivity (Wildman–Crippen MR) is 133 cm³/mol. The van der Waals surface area contributed by atoms with Crippen molar-refractivity contribution in [2.45, 2.75) is 45.0 Å². The Balaban J connectivity index is 1.64. The third kappa shape index (κ3) is 5.99. The molecule has 3 aromatic heterocycles. The third-order valence-corrected chi connectivity index (χ3v) is 6.90. The number of amides is 1. The van der Waals surface area contributed by atoms with Crippen LogP contribution in [0.4, 0.5) is 27.8 Å². The van der Waals surface area contributed by atoms with E-state index < -0.39 is 48.5 Å². The molecule has 1 aliphatic heterocycles. The van der Waals surface area contributed by atoms with E-state index in [4.69, 9.17) is 0 Å². The van der Waals surface area contributed by atoms with Crippen molar-refractivity contribution in [1.29, 1.82) is 0 Å². The van der Waals surface area contributed by atoms with E-state index in [-0.39, 0.29) is 27.5 Å². The van der Waals surface area contributed by atoms with Crippen molar-refractivity contribution in [3.63, 3.8) is 0 Å². The number of anilines is 1. The van der Waals surface area contributed by atoms with Crippen LogP contribution in [-0.2, 0) is 12.7 Å². The maximum atomic E-state index is 14.6. The number of rotatable bonds is 6. The van der Waals surface area contributed by atoms with E-state index in [0.717, 1.165) is 11.0 Å². The first-order chi connectivity index (χ1) is 17.4. The summed E-state index contributed by atoms with van der Waals surface area (Å²) in [4.78, 5) is 27.0. The molecule has 14 heteroatoms. The number of nitrogens with one attached hydrogen (secondary N) is 1. The van der Waals surface area contributed by atoms with Crippen molar-refractivity contribution in [3.05, 3.63) is 51.7 Å². The molecule has 8 nitrogen and oxygen atoms in total. The third-order valence-electron chi connectivity index (χ3n) is 6.08. The molecule has 198 valence electrons. The molecule has 0 bridgehead atoms. The van der Waals surface area contributed by atoms with Crippen molar-refractivity contribution in [2.24, 2.45) is 5.92 Å². The van der Waals surface area contributed by atoms with Gasteiger partial charge in [0.1, 0.15) is 5.82 Å². The summed E-state index contributed by atoms with van der Waals surface area (Å²) in [6, 6.07) is 1.85. The van der Waals surface area contributed by atoms with Gasteiger partial charge in [-0.2, -0.15) is 18.3 Å². The number of aromatic nitrogens is 5. The molecule has 0 spiro atoms. The maximum absolute atomic E-state index is 14.6. The summed E-state index contributed by atoms with van der Waals surface area (Å²) < 4.78 is 70.0. The Morgan fingerprint density at radius 1 is 1.24 bits per heavy atom. The predicted octanol–water partition coefficient (Wildman–Crippen LogP) is 4.98. The molecule has 4 rings (SSSR count). The minimum Gasteiger partial charge on any atom is -0.367 e. The van der Waals surface area contributed by atoms with Crippen LogP contribution in [0.2, 0.25) is 0 Å². The molecule has 0 aliphatic carbocycles. The largest absolute Gasteiger partial charge is 0.417 e. The molecule has 4 heterocycles. The average molecular weight is 635 g/mol. The van der Waals surface area contributed by atoms with Crippen LogP contribution in [0.25, 0.3) is 11.4 Å². The number of pyridine rings is 1. The fraction of sp³-hybridized carbons (Fsp3) is 0.435. The van der Waals surface area contributed by atoms with E-state index in [1.54, 1.807) is 41.8 Å². The van der Waals surface area contributed by atoms with Crippen LogP contribution in [0.15, 0.2) is 36.9 Å². The van der Waals surface area contributed by atoms with Crippen LogP contribution in [0.5, 0.6) is 0 Å². The quantitative estimate of drug-likeness (QED) is 0.304. The van der Waals surface area contributed by atoms with Crippen LogP contribution < -0.4 is 5.32 Å². The van der Waals surface area contributed by atoms with Gasteiger partial charge in [-0.15, -0.1) is 0 Å². The molecule has 1 N–H and O–H groups in total. The van der Waals surface area contributed by atoms with E-state index in [9.17, 15) is 26.7 Å². The van der Waals surface area contributed by atoms with Crippen molar-refractivity contribution in [3.8, 4) is 11.4 Å². The summed E-state index contributed by atoms with van der Waals surface area (Å²) >= 11 is 1.72. The summed E-state index contributed by atoms with van der Waals surface area (Å²) in [6.07, 6.45) is 0.314. The minimum absolute atomic E-state index is 0.00299. The number of nitrogens with zero attached hydrogens (tertiary/aromatic N) is 6. The number of carbonyl (C=O) groups is 1. The Morgan fingerprint density at radius 2 is 1.95 bits per heavy atom. The highest BCUT2D eigenvalue weighted by molar-refractivity contribution is 14.1. The number of alkyl halides is 5. The lowest BCUT2D eigenvalue weighted by molar-refractivity contribution is -0.137. The second kappa shape index (κ2) is 10.5. The van der Waals surface area contributed by atoms with Crippen molar-refractivity contribution in [2.75, 3.05) is 18.4 Å². The lowest BCUT2D eigenvalue weighted by atomic mass is 9.88. The van der Waals surface area contributed by atoms with Gasteiger partial charge in [-0.3, -0.25) is 9.48 Å². The molecule has 0 saturated carbocycles. The minimum atomic E-state index is -4.54. The smallest absolute Gasteiger partial charge is 0.367 e. The van der Waals surface area contributed by atoms with Crippen LogP contribution in [0, 0.1) is 9.49 Å². The van der Waals surface area contributed by atoms with Gasteiger partial charge in [0.2, 0.25) is 0 Å². The summed E-state index contributed by atoms with van der Waals surface area (Å²) in [7, 11) is 0. The number of hydrogen-bond donors (Lipinski definition) is 1. The first kappa shape index (κ1) is 27.1. The maximum Gasteiger partial charge on any atom is 0.417 e. The highest BCUT2D eigenvalue weighted by Gasteiger charge is 2.47. The van der Waals surface area contributed by atoms with Crippen molar-refractivity contribution in [1.82, 2.24) is 29.6 Å². The Kier molecular flexibility index (Phi) is 7.67. The van der Waals surface area contributed by atoms with Crippen LogP contribution in [0.1, 0.15) is 36.3 Å². The lowest BCUT2D eigenvalue weighted by Gasteiger charge is -2.43. The number of likely N-dealkylation sites (tertiary alicyclic amines) is 1. The summed E-state index contributed by atoms with van der Waals surface area (Å²) in [5.74, 6) is -4.05. The molecule has 0 radical (unpaired) electrons. The SMILES string of the molecule is CCn1cc(-c2ncccn2)c(C(=O)N2CC(F)(F)C[C@@H](C)C2CNc2ncc(C(F)(F)F)cc2I)n1. The van der Waals surface area contributed by atoms with E-state index in [1.165, 1.54) is 17.1 Å². The summed E-state index contributed by atoms with van der Waals surface area (Å²) in [6.45, 7) is 3.04. The molecular formula is C23H23F5IN7O. The lowest BCUT2D eigenvalue weighted by Crippen LogP contribution is -2.57. The van der Waals surface area contributed by atoms with Gasteiger partial charge in [0, 0.05) is 44.3 Å². The molecule has 3 aromatic rings. The first-order valence-corrected chi connectivity index (χ1v) is 12.5. The molecule has 1 fully saturated rings. The second-order valence-corrected chi connectivity index (χ2v) is 9.95. The molecular weight excluding hydrogens is 612 g/mol.